The minimum atomic E-state index is -4.68. The third-order valence-electron chi connectivity index (χ3n) is 5.94. The SMILES string of the molecule is COc1ccc(-c2nc(C(=O)NC(CO)c3ccccc3)c([C@@H](N)[C@@H](C)O)o2)c2ccc(C(F)(F)F)nc12. The summed E-state index contributed by atoms with van der Waals surface area (Å²) in [6.07, 6.45) is -5.81. The largest absolute Gasteiger partial charge is 0.494 e. The second-order valence-corrected chi connectivity index (χ2v) is 8.52. The van der Waals surface area contributed by atoms with Crippen molar-refractivity contribution in [1.82, 2.24) is 15.3 Å². The average molecular weight is 531 g/mol. The molecule has 0 saturated heterocycles. The van der Waals surface area contributed by atoms with Crippen molar-refractivity contribution >= 4 is 16.8 Å². The van der Waals surface area contributed by atoms with Crippen LogP contribution >= 0.6 is 0 Å². The van der Waals surface area contributed by atoms with E-state index in [1.165, 1.54) is 32.2 Å². The normalized spacial score (nSPS) is 14.2. The first-order valence-corrected chi connectivity index (χ1v) is 11.5. The number of amides is 1. The Kier molecular flexibility index (Phi) is 7.67. The highest BCUT2D eigenvalue weighted by atomic mass is 19.4. The first-order chi connectivity index (χ1) is 18.0. The van der Waals surface area contributed by atoms with Gasteiger partial charge in [0.05, 0.1) is 31.9 Å². The zero-order chi connectivity index (χ0) is 27.6. The molecule has 0 aliphatic heterocycles. The molecule has 5 N–H and O–H groups in total. The van der Waals surface area contributed by atoms with Crippen LogP contribution in [0.1, 0.15) is 46.5 Å². The zero-order valence-corrected chi connectivity index (χ0v) is 20.4. The molecule has 3 atom stereocenters. The van der Waals surface area contributed by atoms with Gasteiger partial charge < -0.3 is 30.4 Å². The summed E-state index contributed by atoms with van der Waals surface area (Å²) in [6, 6.07) is 11.7. The Morgan fingerprint density at radius 3 is 2.45 bits per heavy atom. The molecule has 2 heterocycles. The van der Waals surface area contributed by atoms with Gasteiger partial charge in [0.25, 0.3) is 5.91 Å². The molecule has 2 aromatic carbocycles. The van der Waals surface area contributed by atoms with Gasteiger partial charge in [0.15, 0.2) is 11.5 Å². The zero-order valence-electron chi connectivity index (χ0n) is 20.4. The summed E-state index contributed by atoms with van der Waals surface area (Å²) in [5.41, 5.74) is 5.52. The minimum absolute atomic E-state index is 0.0881. The second kappa shape index (κ2) is 10.8. The van der Waals surface area contributed by atoms with Crippen molar-refractivity contribution in [1.29, 1.82) is 0 Å². The van der Waals surface area contributed by atoms with E-state index in [1.54, 1.807) is 30.3 Å². The van der Waals surface area contributed by atoms with Crippen molar-refractivity contribution < 1.29 is 37.3 Å². The highest BCUT2D eigenvalue weighted by Crippen LogP contribution is 2.37. The molecule has 4 aromatic rings. The Hall–Kier alpha value is -4.00. The highest BCUT2D eigenvalue weighted by Gasteiger charge is 2.34. The molecular formula is C26H25F3N4O5. The van der Waals surface area contributed by atoms with Gasteiger partial charge in [-0.15, -0.1) is 0 Å². The summed E-state index contributed by atoms with van der Waals surface area (Å²) in [5.74, 6) is -0.907. The van der Waals surface area contributed by atoms with Crippen LogP contribution in [0.2, 0.25) is 0 Å². The Bertz CT molecular complexity index is 1440. The molecule has 200 valence electrons. The van der Waals surface area contributed by atoms with E-state index < -0.39 is 42.6 Å². The van der Waals surface area contributed by atoms with E-state index in [1.807, 2.05) is 0 Å². The number of pyridine rings is 1. The smallest absolute Gasteiger partial charge is 0.433 e. The molecule has 38 heavy (non-hydrogen) atoms. The number of carbonyl (C=O) groups excluding carboxylic acids is 1. The lowest BCUT2D eigenvalue weighted by Gasteiger charge is -2.17. The van der Waals surface area contributed by atoms with Crippen LogP contribution in [0.25, 0.3) is 22.4 Å². The summed E-state index contributed by atoms with van der Waals surface area (Å²) in [7, 11) is 1.30. The summed E-state index contributed by atoms with van der Waals surface area (Å²) >= 11 is 0. The van der Waals surface area contributed by atoms with E-state index >= 15 is 0 Å². The van der Waals surface area contributed by atoms with Gasteiger partial charge in [0.1, 0.15) is 17.0 Å². The molecule has 2 aromatic heterocycles. The number of carbonyl (C=O) groups is 1. The van der Waals surface area contributed by atoms with Crippen molar-refractivity contribution in [2.45, 2.75) is 31.3 Å². The van der Waals surface area contributed by atoms with E-state index in [0.29, 0.717) is 5.56 Å². The predicted octanol–water partition coefficient (Wildman–Crippen LogP) is 3.76. The first kappa shape index (κ1) is 27.0. The first-order valence-electron chi connectivity index (χ1n) is 11.5. The Morgan fingerprint density at radius 1 is 1.13 bits per heavy atom. The van der Waals surface area contributed by atoms with Crippen LogP contribution in [0, 0.1) is 0 Å². The second-order valence-electron chi connectivity index (χ2n) is 8.52. The van der Waals surface area contributed by atoms with Crippen molar-refractivity contribution in [3.63, 3.8) is 0 Å². The highest BCUT2D eigenvalue weighted by molar-refractivity contribution is 5.98. The van der Waals surface area contributed by atoms with Crippen LogP contribution < -0.4 is 15.8 Å². The molecule has 0 saturated carbocycles. The molecule has 1 amide bonds. The van der Waals surface area contributed by atoms with Crippen molar-refractivity contribution in [2.75, 3.05) is 13.7 Å². The molecule has 12 heteroatoms. The number of methoxy groups -OCH3 is 1. The molecule has 0 fully saturated rings. The number of halogens is 3. The molecule has 0 spiro atoms. The lowest BCUT2D eigenvalue weighted by Crippen LogP contribution is -2.33. The number of alkyl halides is 3. The maximum Gasteiger partial charge on any atom is 0.433 e. The lowest BCUT2D eigenvalue weighted by atomic mass is 10.1. The number of ether oxygens (including phenoxy) is 1. The fraction of sp³-hybridized carbons (Fsp3) is 0.269. The summed E-state index contributed by atoms with van der Waals surface area (Å²) in [5, 5.41) is 22.8. The summed E-state index contributed by atoms with van der Waals surface area (Å²) < 4.78 is 51.0. The Balaban J connectivity index is 1.82. The van der Waals surface area contributed by atoms with Crippen LogP contribution in [0.5, 0.6) is 5.75 Å². The van der Waals surface area contributed by atoms with E-state index in [4.69, 9.17) is 14.9 Å². The number of aliphatic hydroxyl groups excluding tert-OH is 2. The number of aliphatic hydroxyl groups is 2. The Morgan fingerprint density at radius 2 is 1.84 bits per heavy atom. The monoisotopic (exact) mass is 530 g/mol. The maximum absolute atomic E-state index is 13.3. The van der Waals surface area contributed by atoms with Gasteiger partial charge >= 0.3 is 6.18 Å². The number of hydrogen-bond donors (Lipinski definition) is 4. The lowest BCUT2D eigenvalue weighted by molar-refractivity contribution is -0.140. The molecule has 0 aliphatic carbocycles. The fourth-order valence-corrected chi connectivity index (χ4v) is 3.90. The van der Waals surface area contributed by atoms with Crippen LogP contribution in [-0.2, 0) is 6.18 Å². The molecule has 0 bridgehead atoms. The number of nitrogens with zero attached hydrogens (tertiary/aromatic N) is 2. The average Bonchev–Trinajstić information content (AvgIpc) is 3.35. The minimum Gasteiger partial charge on any atom is -0.494 e. The third-order valence-corrected chi connectivity index (χ3v) is 5.94. The van der Waals surface area contributed by atoms with Crippen LogP contribution in [-0.4, -0.2) is 45.9 Å². The van der Waals surface area contributed by atoms with Crippen LogP contribution in [0.4, 0.5) is 13.2 Å². The maximum atomic E-state index is 13.3. The van der Waals surface area contributed by atoms with Crippen LogP contribution in [0.3, 0.4) is 0 Å². The standard InChI is InChI=1S/C26H25F3N4O5/c1-13(35)20(30)23-22(24(36)31-17(12-34)14-6-4-3-5-7-14)33-25(38-23)16-8-10-18(37-2)21-15(16)9-11-19(32-21)26(27,28)29/h3-11,13,17,20,34-35H,12,30H2,1-2H3,(H,31,36)/t13-,17?,20+/m1/s1. The van der Waals surface area contributed by atoms with Gasteiger partial charge in [-0.2, -0.15) is 13.2 Å². The number of nitrogens with one attached hydrogen (secondary N) is 1. The summed E-state index contributed by atoms with van der Waals surface area (Å²) in [4.78, 5) is 21.3. The van der Waals surface area contributed by atoms with E-state index in [-0.39, 0.29) is 39.6 Å². The van der Waals surface area contributed by atoms with Crippen molar-refractivity contribution in [3.05, 3.63) is 77.3 Å². The summed E-state index contributed by atoms with van der Waals surface area (Å²) in [6.45, 7) is 0.995. The number of aromatic nitrogens is 2. The van der Waals surface area contributed by atoms with Crippen LogP contribution in [0.15, 0.2) is 59.0 Å². The Labute approximate surface area is 215 Å². The van der Waals surface area contributed by atoms with Gasteiger partial charge in [0, 0.05) is 10.9 Å². The topological polar surface area (TPSA) is 144 Å². The number of hydrogen-bond acceptors (Lipinski definition) is 8. The number of nitrogens with two attached hydrogens (primary N) is 1. The molecular weight excluding hydrogens is 505 g/mol. The molecule has 4 rings (SSSR count). The number of rotatable bonds is 8. The van der Waals surface area contributed by atoms with E-state index in [2.05, 4.69) is 15.3 Å². The number of fused-ring (bicyclic) bond motifs is 1. The molecule has 1 unspecified atom stereocenters. The van der Waals surface area contributed by atoms with Gasteiger partial charge in [-0.05, 0) is 36.8 Å². The number of benzene rings is 2. The van der Waals surface area contributed by atoms with E-state index in [0.717, 1.165) is 6.07 Å². The van der Waals surface area contributed by atoms with Crippen molar-refractivity contribution in [3.8, 4) is 17.2 Å². The quantitative estimate of drug-likeness (QED) is 0.270. The van der Waals surface area contributed by atoms with Gasteiger partial charge in [-0.1, -0.05) is 30.3 Å². The van der Waals surface area contributed by atoms with Gasteiger partial charge in [-0.3, -0.25) is 4.79 Å². The number of oxazole rings is 1. The third kappa shape index (κ3) is 5.32. The van der Waals surface area contributed by atoms with Gasteiger partial charge in [-0.25, -0.2) is 9.97 Å². The van der Waals surface area contributed by atoms with Crippen molar-refractivity contribution in [2.24, 2.45) is 5.73 Å². The fourth-order valence-electron chi connectivity index (χ4n) is 3.90. The van der Waals surface area contributed by atoms with Gasteiger partial charge in [0.2, 0.25) is 5.89 Å². The molecule has 0 radical (unpaired) electrons. The molecule has 0 aliphatic rings. The predicted molar refractivity (Wildman–Crippen MR) is 131 cm³/mol. The van der Waals surface area contributed by atoms with E-state index in [9.17, 15) is 28.2 Å². The molecule has 9 nitrogen and oxygen atoms in total.